The third-order valence-electron chi connectivity index (χ3n) is 5.64. The van der Waals surface area contributed by atoms with Crippen LogP contribution in [-0.4, -0.2) is 54.2 Å². The molecule has 4 rings (SSSR count). The lowest BCUT2D eigenvalue weighted by atomic mass is 9.96. The van der Waals surface area contributed by atoms with Crippen molar-refractivity contribution in [1.82, 2.24) is 9.88 Å². The summed E-state index contributed by atoms with van der Waals surface area (Å²) in [4.78, 5) is 24.0. The van der Waals surface area contributed by atoms with Gasteiger partial charge in [0.15, 0.2) is 0 Å². The number of aliphatic imine (C=N–C) groups is 1. The molecule has 0 amide bonds. The van der Waals surface area contributed by atoms with Crippen molar-refractivity contribution in [3.8, 4) is 0 Å². The van der Waals surface area contributed by atoms with Crippen LogP contribution in [0.3, 0.4) is 0 Å². The Morgan fingerprint density at radius 2 is 2.07 bits per heavy atom. The lowest BCUT2D eigenvalue weighted by Gasteiger charge is -2.17. The number of ether oxygens (including phenoxy) is 1. The maximum absolute atomic E-state index is 13.2. The highest BCUT2D eigenvalue weighted by atomic mass is 19.1. The molecular weight excluding hydrogens is 369 g/mol. The number of benzene rings is 1. The summed E-state index contributed by atoms with van der Waals surface area (Å²) in [5.41, 5.74) is 4.52. The predicted molar refractivity (Wildman–Crippen MR) is 110 cm³/mol. The smallest absolute Gasteiger partial charge is 0.139 e. The molecule has 0 bridgehead atoms. The summed E-state index contributed by atoms with van der Waals surface area (Å²) in [5, 5.41) is 0. The van der Waals surface area contributed by atoms with Crippen LogP contribution in [0.2, 0.25) is 0 Å². The van der Waals surface area contributed by atoms with Crippen molar-refractivity contribution >= 4 is 11.5 Å². The number of carbonyl (C=O) groups excluding carboxylic acids is 1. The molecule has 6 heteroatoms. The number of aromatic nitrogens is 1. The molecule has 29 heavy (non-hydrogen) atoms. The maximum Gasteiger partial charge on any atom is 0.139 e. The van der Waals surface area contributed by atoms with Crippen molar-refractivity contribution in [2.75, 3.05) is 26.7 Å². The van der Waals surface area contributed by atoms with E-state index >= 15 is 0 Å². The van der Waals surface area contributed by atoms with Gasteiger partial charge in [-0.15, -0.1) is 0 Å². The van der Waals surface area contributed by atoms with Crippen molar-refractivity contribution in [3.05, 3.63) is 64.7 Å². The monoisotopic (exact) mass is 395 g/mol. The van der Waals surface area contributed by atoms with E-state index < -0.39 is 0 Å². The van der Waals surface area contributed by atoms with E-state index in [9.17, 15) is 9.18 Å². The largest absolute Gasteiger partial charge is 0.377 e. The van der Waals surface area contributed by atoms with Gasteiger partial charge in [-0.2, -0.15) is 0 Å². The summed E-state index contributed by atoms with van der Waals surface area (Å²) in [6, 6.07) is 8.31. The molecule has 0 spiro atoms. The number of fused-ring (bicyclic) bond motifs is 1. The molecule has 1 saturated heterocycles. The zero-order chi connectivity index (χ0) is 20.4. The molecular formula is C23H26FN3O2. The topological polar surface area (TPSA) is 54.8 Å². The zero-order valence-corrected chi connectivity index (χ0v) is 16.9. The van der Waals surface area contributed by atoms with E-state index in [1.165, 1.54) is 12.1 Å². The first kappa shape index (κ1) is 19.9. The van der Waals surface area contributed by atoms with Gasteiger partial charge in [0.2, 0.25) is 0 Å². The van der Waals surface area contributed by atoms with Gasteiger partial charge in [0.05, 0.1) is 18.4 Å². The van der Waals surface area contributed by atoms with Crippen LogP contribution in [0.5, 0.6) is 0 Å². The number of nitrogens with zero attached hydrogens (tertiary/aromatic N) is 3. The highest BCUT2D eigenvalue weighted by Gasteiger charge is 2.32. The minimum atomic E-state index is -0.264. The molecule has 0 aliphatic carbocycles. The molecule has 5 nitrogen and oxygen atoms in total. The Balaban J connectivity index is 1.41. The molecule has 0 radical (unpaired) electrons. The summed E-state index contributed by atoms with van der Waals surface area (Å²) >= 11 is 0. The number of likely N-dealkylation sites (tertiary alicyclic amines) is 1. The first-order valence-electron chi connectivity index (χ1n) is 10.1. The number of hydrogen-bond acceptors (Lipinski definition) is 5. The second-order valence-corrected chi connectivity index (χ2v) is 7.90. The van der Waals surface area contributed by atoms with Gasteiger partial charge >= 0.3 is 0 Å². The number of halogens is 1. The fraction of sp³-hybridized carbons (Fsp3) is 0.435. The van der Waals surface area contributed by atoms with Crippen molar-refractivity contribution < 1.29 is 13.9 Å². The van der Waals surface area contributed by atoms with E-state index in [1.54, 1.807) is 18.3 Å². The van der Waals surface area contributed by atoms with Gasteiger partial charge in [0.25, 0.3) is 0 Å². The van der Waals surface area contributed by atoms with E-state index in [0.29, 0.717) is 26.0 Å². The van der Waals surface area contributed by atoms with Crippen molar-refractivity contribution in [2.45, 2.75) is 32.4 Å². The standard InChI is InChI=1S/C23H26FN3O2/c1-3-29-22-14-27(2)13-17(22)9-20(28)10-19-8-16-11-26-23(21(16)12-25-19)15-4-6-18(24)7-5-15/h4-8,12,17,22H,3,9-11,13-14H2,1-2H3/t17-,22-/m0/s1. The third kappa shape index (κ3) is 4.43. The minimum absolute atomic E-state index is 0.133. The number of Topliss-reactive ketones (excluding diaryl/α,β-unsaturated/α-hetero) is 1. The van der Waals surface area contributed by atoms with Crippen LogP contribution in [0.4, 0.5) is 4.39 Å². The van der Waals surface area contributed by atoms with Gasteiger partial charge in [-0.25, -0.2) is 4.39 Å². The second kappa shape index (κ2) is 8.51. The van der Waals surface area contributed by atoms with Gasteiger partial charge < -0.3 is 9.64 Å². The highest BCUT2D eigenvalue weighted by molar-refractivity contribution is 6.14. The lowest BCUT2D eigenvalue weighted by Crippen LogP contribution is -2.25. The molecule has 2 aliphatic heterocycles. The molecule has 0 unspecified atom stereocenters. The molecule has 0 saturated carbocycles. The fourth-order valence-corrected chi connectivity index (χ4v) is 4.31. The van der Waals surface area contributed by atoms with Crippen molar-refractivity contribution in [3.63, 3.8) is 0 Å². The molecule has 1 fully saturated rings. The SMILES string of the molecule is CCO[C@H]1CN(C)C[C@@H]1CC(=O)Cc1cc2c(cn1)C(c1ccc(F)cc1)=NC2. The molecule has 2 aliphatic rings. The van der Waals surface area contributed by atoms with Gasteiger partial charge in [-0.1, -0.05) is 0 Å². The Bertz CT molecular complexity index is 926. The summed E-state index contributed by atoms with van der Waals surface area (Å²) in [7, 11) is 2.07. The molecule has 152 valence electrons. The average molecular weight is 395 g/mol. The van der Waals surface area contributed by atoms with Gasteiger partial charge in [0.1, 0.15) is 11.6 Å². The Kier molecular flexibility index (Phi) is 5.83. The molecule has 1 aromatic carbocycles. The summed E-state index contributed by atoms with van der Waals surface area (Å²) in [6.07, 6.45) is 2.77. The Morgan fingerprint density at radius 3 is 2.83 bits per heavy atom. The number of ketones is 1. The zero-order valence-electron chi connectivity index (χ0n) is 16.9. The molecule has 0 N–H and O–H groups in total. The van der Waals surface area contributed by atoms with Crippen molar-refractivity contribution in [2.24, 2.45) is 10.9 Å². The predicted octanol–water partition coefficient (Wildman–Crippen LogP) is 3.04. The average Bonchev–Trinajstić information content (AvgIpc) is 3.25. The highest BCUT2D eigenvalue weighted by Crippen LogP contribution is 2.25. The molecule has 2 aromatic rings. The molecule has 1 aromatic heterocycles. The number of carbonyl (C=O) groups is 1. The van der Waals surface area contributed by atoms with Gasteiger partial charge in [-0.05, 0) is 49.9 Å². The fourth-order valence-electron chi connectivity index (χ4n) is 4.31. The van der Waals surface area contributed by atoms with Crippen molar-refractivity contribution in [1.29, 1.82) is 0 Å². The summed E-state index contributed by atoms with van der Waals surface area (Å²) in [6.45, 7) is 5.00. The van der Waals surface area contributed by atoms with E-state index in [4.69, 9.17) is 4.74 Å². The second-order valence-electron chi connectivity index (χ2n) is 7.90. The van der Waals surface area contributed by atoms with Gasteiger partial charge in [-0.3, -0.25) is 14.8 Å². The number of rotatable bonds is 7. The van der Waals surface area contributed by atoms with Crippen LogP contribution in [-0.2, 0) is 22.5 Å². The molecule has 2 atom stereocenters. The number of likely N-dealkylation sites (N-methyl/N-ethyl adjacent to an activating group) is 1. The minimum Gasteiger partial charge on any atom is -0.377 e. The van der Waals surface area contributed by atoms with Gasteiger partial charge in [0, 0.05) is 61.5 Å². The molecule has 3 heterocycles. The quantitative estimate of drug-likeness (QED) is 0.723. The number of pyridine rings is 1. The van der Waals surface area contributed by atoms with E-state index in [0.717, 1.165) is 41.2 Å². The lowest BCUT2D eigenvalue weighted by molar-refractivity contribution is -0.120. The van der Waals surface area contributed by atoms with Crippen LogP contribution >= 0.6 is 0 Å². The van der Waals surface area contributed by atoms with E-state index in [1.807, 2.05) is 13.0 Å². The van der Waals surface area contributed by atoms with Crippen LogP contribution in [0.25, 0.3) is 0 Å². The van der Waals surface area contributed by atoms with Crippen LogP contribution in [0, 0.1) is 11.7 Å². The Labute approximate surface area is 170 Å². The maximum atomic E-state index is 13.2. The Morgan fingerprint density at radius 1 is 1.28 bits per heavy atom. The van der Waals surface area contributed by atoms with E-state index in [-0.39, 0.29) is 23.6 Å². The first-order chi connectivity index (χ1) is 14.0. The van der Waals surface area contributed by atoms with E-state index in [2.05, 4.69) is 21.9 Å². The summed E-state index contributed by atoms with van der Waals surface area (Å²) in [5.74, 6) is 0.176. The Hall–Kier alpha value is -2.44. The van der Waals surface area contributed by atoms with Crippen LogP contribution < -0.4 is 0 Å². The third-order valence-corrected chi connectivity index (χ3v) is 5.64. The normalized spacial score (nSPS) is 21.3. The number of hydrogen-bond donors (Lipinski definition) is 0. The van der Waals surface area contributed by atoms with Crippen LogP contribution in [0.15, 0.2) is 41.5 Å². The first-order valence-corrected chi connectivity index (χ1v) is 10.1. The summed E-state index contributed by atoms with van der Waals surface area (Å²) < 4.78 is 19.0. The van der Waals surface area contributed by atoms with Crippen LogP contribution in [0.1, 0.15) is 35.7 Å².